The van der Waals surface area contributed by atoms with E-state index in [1.54, 1.807) is 0 Å². The van der Waals surface area contributed by atoms with Crippen LogP contribution in [0.15, 0.2) is 60.7 Å². The lowest BCUT2D eigenvalue weighted by Crippen LogP contribution is -2.31. The lowest BCUT2D eigenvalue weighted by Gasteiger charge is -2.22. The third-order valence-corrected chi connectivity index (χ3v) is 4.74. The summed E-state index contributed by atoms with van der Waals surface area (Å²) in [5.41, 5.74) is 1.50. The first kappa shape index (κ1) is 13.9. The Morgan fingerprint density at radius 2 is 1.52 bits per heavy atom. The molecule has 0 aliphatic heterocycles. The molecule has 0 amide bonds. The van der Waals surface area contributed by atoms with Gasteiger partial charge in [-0.3, -0.25) is 4.79 Å². The monoisotopic (exact) mass is 280 g/mol. The van der Waals surface area contributed by atoms with Crippen LogP contribution in [0.4, 0.5) is 0 Å². The van der Waals surface area contributed by atoms with Crippen molar-refractivity contribution in [3.05, 3.63) is 71.8 Å². The Labute approximate surface area is 125 Å². The Morgan fingerprint density at radius 1 is 1.00 bits per heavy atom. The first-order chi connectivity index (χ1) is 10.1. The Balaban J connectivity index is 2.07. The highest BCUT2D eigenvalue weighted by Gasteiger charge is 2.71. The fourth-order valence-corrected chi connectivity index (χ4v) is 3.45. The van der Waals surface area contributed by atoms with Crippen molar-refractivity contribution in [1.82, 2.24) is 0 Å². The topological polar surface area (TPSA) is 26.3 Å². The normalized spacial score (nSPS) is 27.1. The molecule has 0 heterocycles. The zero-order chi connectivity index (χ0) is 14.9. The van der Waals surface area contributed by atoms with Crippen LogP contribution >= 0.6 is 0 Å². The molecule has 1 fully saturated rings. The molecule has 2 nitrogen and oxygen atoms in total. The Bertz CT molecular complexity index is 635. The molecule has 0 unspecified atom stereocenters. The van der Waals surface area contributed by atoms with Crippen LogP contribution in [-0.2, 0) is 20.4 Å². The summed E-state index contributed by atoms with van der Waals surface area (Å²) in [5, 5.41) is 0. The number of carbonyl (C=O) groups excluding carboxylic acids is 1. The molecule has 2 heteroatoms. The standard InChI is InChI=1S/C19H20O2/c1-3-21-17(20)19(16-12-8-5-9-13-16)14-18(19,2)15-10-6-4-7-11-15/h4-13H,3,14H2,1-2H3/t18-,19-/m1/s1. The van der Waals surface area contributed by atoms with Gasteiger partial charge in [0.15, 0.2) is 0 Å². The SMILES string of the molecule is CCOC(=O)[C@]1(c2ccccc2)C[C@]1(C)c1ccccc1. The van der Waals surface area contributed by atoms with Gasteiger partial charge in [-0.1, -0.05) is 67.6 Å². The van der Waals surface area contributed by atoms with Crippen molar-refractivity contribution in [1.29, 1.82) is 0 Å². The second-order valence-corrected chi connectivity index (χ2v) is 5.87. The van der Waals surface area contributed by atoms with E-state index < -0.39 is 5.41 Å². The molecule has 2 atom stereocenters. The summed E-state index contributed by atoms with van der Waals surface area (Å²) in [6, 6.07) is 20.3. The highest BCUT2D eigenvalue weighted by atomic mass is 16.5. The number of hydrogen-bond acceptors (Lipinski definition) is 2. The van der Waals surface area contributed by atoms with E-state index in [0.29, 0.717) is 6.61 Å². The van der Waals surface area contributed by atoms with Crippen LogP contribution in [0.1, 0.15) is 31.4 Å². The number of ether oxygens (including phenoxy) is 1. The molecule has 1 aliphatic carbocycles. The second kappa shape index (κ2) is 5.03. The highest BCUT2D eigenvalue weighted by Crippen LogP contribution is 2.65. The summed E-state index contributed by atoms with van der Waals surface area (Å²) >= 11 is 0. The van der Waals surface area contributed by atoms with Gasteiger partial charge in [0.2, 0.25) is 0 Å². The van der Waals surface area contributed by atoms with Gasteiger partial charge in [-0.05, 0) is 24.5 Å². The third kappa shape index (κ3) is 1.98. The molecule has 21 heavy (non-hydrogen) atoms. The van der Waals surface area contributed by atoms with Gasteiger partial charge in [-0.15, -0.1) is 0 Å². The van der Waals surface area contributed by atoms with E-state index in [0.717, 1.165) is 12.0 Å². The Kier molecular flexibility index (Phi) is 3.32. The van der Waals surface area contributed by atoms with Gasteiger partial charge in [-0.25, -0.2) is 0 Å². The van der Waals surface area contributed by atoms with Crippen molar-refractivity contribution in [2.45, 2.75) is 31.1 Å². The minimum atomic E-state index is -0.550. The summed E-state index contributed by atoms with van der Waals surface area (Å²) in [4.78, 5) is 12.7. The van der Waals surface area contributed by atoms with Gasteiger partial charge in [0.05, 0.1) is 6.61 Å². The van der Waals surface area contributed by atoms with Gasteiger partial charge in [-0.2, -0.15) is 0 Å². The van der Waals surface area contributed by atoms with Gasteiger partial charge in [0, 0.05) is 5.41 Å². The van der Waals surface area contributed by atoms with Crippen molar-refractivity contribution in [2.24, 2.45) is 0 Å². The summed E-state index contributed by atoms with van der Waals surface area (Å²) in [5.74, 6) is -0.109. The fraction of sp³-hybridized carbons (Fsp3) is 0.316. The molecule has 0 aromatic heterocycles. The first-order valence-electron chi connectivity index (χ1n) is 7.43. The molecule has 3 rings (SSSR count). The van der Waals surface area contributed by atoms with E-state index in [4.69, 9.17) is 4.74 Å². The summed E-state index contributed by atoms with van der Waals surface area (Å²) < 4.78 is 5.40. The fourth-order valence-electron chi connectivity index (χ4n) is 3.45. The molecule has 2 aromatic carbocycles. The van der Waals surface area contributed by atoms with Crippen molar-refractivity contribution >= 4 is 5.97 Å². The number of esters is 1. The molecular formula is C19H20O2. The van der Waals surface area contributed by atoms with Crippen molar-refractivity contribution < 1.29 is 9.53 Å². The van der Waals surface area contributed by atoms with Gasteiger partial charge < -0.3 is 4.74 Å². The van der Waals surface area contributed by atoms with Crippen LogP contribution < -0.4 is 0 Å². The zero-order valence-corrected chi connectivity index (χ0v) is 12.5. The molecule has 0 spiro atoms. The number of hydrogen-bond donors (Lipinski definition) is 0. The molecule has 108 valence electrons. The van der Waals surface area contributed by atoms with Crippen LogP contribution in [0.25, 0.3) is 0 Å². The number of rotatable bonds is 4. The van der Waals surface area contributed by atoms with Gasteiger partial charge in [0.25, 0.3) is 0 Å². The van der Waals surface area contributed by atoms with Crippen LogP contribution in [0, 0.1) is 0 Å². The smallest absolute Gasteiger partial charge is 0.317 e. The molecule has 1 aliphatic rings. The quantitative estimate of drug-likeness (QED) is 0.795. The molecular weight excluding hydrogens is 260 g/mol. The number of carbonyl (C=O) groups is 1. The van der Waals surface area contributed by atoms with Crippen LogP contribution in [0.3, 0.4) is 0 Å². The van der Waals surface area contributed by atoms with Crippen LogP contribution in [0.2, 0.25) is 0 Å². The van der Waals surface area contributed by atoms with E-state index in [2.05, 4.69) is 19.1 Å². The third-order valence-electron chi connectivity index (χ3n) is 4.74. The molecule has 0 saturated heterocycles. The van der Waals surface area contributed by atoms with E-state index >= 15 is 0 Å². The lowest BCUT2D eigenvalue weighted by molar-refractivity contribution is -0.146. The second-order valence-electron chi connectivity index (χ2n) is 5.87. The van der Waals surface area contributed by atoms with Crippen molar-refractivity contribution in [3.8, 4) is 0 Å². The molecule has 0 N–H and O–H groups in total. The zero-order valence-electron chi connectivity index (χ0n) is 12.5. The minimum Gasteiger partial charge on any atom is -0.465 e. The molecule has 0 bridgehead atoms. The average molecular weight is 280 g/mol. The van der Waals surface area contributed by atoms with Crippen molar-refractivity contribution in [2.75, 3.05) is 6.61 Å². The predicted molar refractivity (Wildman–Crippen MR) is 83.2 cm³/mol. The van der Waals surface area contributed by atoms with E-state index in [1.807, 2.05) is 55.5 Å². The predicted octanol–water partition coefficient (Wildman–Crippen LogP) is 3.85. The van der Waals surface area contributed by atoms with Gasteiger partial charge >= 0.3 is 5.97 Å². The van der Waals surface area contributed by atoms with E-state index in [1.165, 1.54) is 5.56 Å². The van der Waals surface area contributed by atoms with Gasteiger partial charge in [0.1, 0.15) is 5.41 Å². The largest absolute Gasteiger partial charge is 0.465 e. The first-order valence-corrected chi connectivity index (χ1v) is 7.43. The highest BCUT2D eigenvalue weighted by molar-refractivity contribution is 5.91. The average Bonchev–Trinajstić information content (AvgIpc) is 3.18. The summed E-state index contributed by atoms with van der Waals surface area (Å²) in [6.45, 7) is 4.43. The molecule has 2 aromatic rings. The summed E-state index contributed by atoms with van der Waals surface area (Å²) in [7, 11) is 0. The summed E-state index contributed by atoms with van der Waals surface area (Å²) in [6.07, 6.45) is 0.798. The van der Waals surface area contributed by atoms with Crippen LogP contribution in [-0.4, -0.2) is 12.6 Å². The molecule has 1 saturated carbocycles. The van der Waals surface area contributed by atoms with E-state index in [9.17, 15) is 4.79 Å². The Morgan fingerprint density at radius 3 is 2.05 bits per heavy atom. The van der Waals surface area contributed by atoms with Crippen molar-refractivity contribution in [3.63, 3.8) is 0 Å². The maximum absolute atomic E-state index is 12.7. The minimum absolute atomic E-state index is 0.109. The maximum atomic E-state index is 12.7. The maximum Gasteiger partial charge on any atom is 0.317 e. The van der Waals surface area contributed by atoms with Crippen LogP contribution in [0.5, 0.6) is 0 Å². The number of benzene rings is 2. The van der Waals surface area contributed by atoms with E-state index in [-0.39, 0.29) is 11.4 Å². The molecule has 0 radical (unpaired) electrons. The lowest BCUT2D eigenvalue weighted by atomic mass is 9.83. The Hall–Kier alpha value is -2.09.